The monoisotopic (exact) mass is 328 g/mol. The molecule has 0 unspecified atom stereocenters. The summed E-state index contributed by atoms with van der Waals surface area (Å²) in [5.74, 6) is 0.555. The zero-order chi connectivity index (χ0) is 15.3. The molecule has 0 N–H and O–H groups in total. The van der Waals surface area contributed by atoms with E-state index < -0.39 is 0 Å². The maximum absolute atomic E-state index is 9.54. The number of halogens is 1. The van der Waals surface area contributed by atoms with Crippen molar-refractivity contribution >= 4 is 27.9 Å². The lowest BCUT2D eigenvalue weighted by atomic mass is 9.86. The van der Waals surface area contributed by atoms with E-state index in [4.69, 9.17) is 11.6 Å². The van der Waals surface area contributed by atoms with E-state index in [1.165, 1.54) is 19.3 Å². The average Bonchev–Trinajstić information content (AvgIpc) is 2.97. The summed E-state index contributed by atoms with van der Waals surface area (Å²) < 4.78 is 1.69. The Morgan fingerprint density at radius 1 is 1.41 bits per heavy atom. The molecular formula is C16H13ClN4S. The van der Waals surface area contributed by atoms with E-state index in [1.807, 2.05) is 25.1 Å². The molecule has 4 rings (SSSR count). The van der Waals surface area contributed by atoms with Gasteiger partial charge < -0.3 is 0 Å². The van der Waals surface area contributed by atoms with E-state index in [1.54, 1.807) is 15.9 Å². The molecule has 0 radical (unpaired) electrons. The van der Waals surface area contributed by atoms with Crippen molar-refractivity contribution in [2.75, 3.05) is 0 Å². The van der Waals surface area contributed by atoms with Gasteiger partial charge in [-0.15, -0.1) is 0 Å². The number of aryl methyl sites for hydroxylation is 1. The summed E-state index contributed by atoms with van der Waals surface area (Å²) in [5.41, 5.74) is 3.06. The summed E-state index contributed by atoms with van der Waals surface area (Å²) >= 11 is 7.67. The quantitative estimate of drug-likeness (QED) is 0.693. The first kappa shape index (κ1) is 13.7. The molecule has 0 amide bonds. The van der Waals surface area contributed by atoms with Gasteiger partial charge >= 0.3 is 0 Å². The molecule has 0 bridgehead atoms. The summed E-state index contributed by atoms with van der Waals surface area (Å²) in [6, 6.07) is 7.95. The summed E-state index contributed by atoms with van der Waals surface area (Å²) in [6.07, 6.45) is 3.66. The van der Waals surface area contributed by atoms with Crippen molar-refractivity contribution in [1.82, 2.24) is 14.6 Å². The smallest absolute Gasteiger partial charge is 0.214 e. The fourth-order valence-electron chi connectivity index (χ4n) is 2.68. The van der Waals surface area contributed by atoms with Crippen LogP contribution in [0.15, 0.2) is 18.2 Å². The maximum Gasteiger partial charge on any atom is 0.214 e. The Morgan fingerprint density at radius 3 is 2.86 bits per heavy atom. The topological polar surface area (TPSA) is 54.0 Å². The fourth-order valence-corrected chi connectivity index (χ4v) is 3.86. The summed E-state index contributed by atoms with van der Waals surface area (Å²) in [6.45, 7) is 1.95. The highest BCUT2D eigenvalue weighted by atomic mass is 35.5. The Bertz CT molecular complexity index is 914. The Labute approximate surface area is 137 Å². The zero-order valence-electron chi connectivity index (χ0n) is 12.0. The zero-order valence-corrected chi connectivity index (χ0v) is 13.6. The number of hydrogen-bond acceptors (Lipinski definition) is 4. The number of imidazole rings is 1. The molecule has 1 saturated carbocycles. The number of benzene rings is 1. The highest BCUT2D eigenvalue weighted by Gasteiger charge is 2.26. The maximum atomic E-state index is 9.54. The predicted octanol–water partition coefficient (Wildman–Crippen LogP) is 4.56. The molecule has 2 heterocycles. The first-order valence-corrected chi connectivity index (χ1v) is 8.43. The Kier molecular flexibility index (Phi) is 3.17. The summed E-state index contributed by atoms with van der Waals surface area (Å²) in [5, 5.41) is 16.0. The third-order valence-electron chi connectivity index (χ3n) is 4.21. The van der Waals surface area contributed by atoms with Crippen LogP contribution >= 0.6 is 22.9 Å². The van der Waals surface area contributed by atoms with Gasteiger partial charge in [0.25, 0.3) is 0 Å². The molecule has 4 nitrogen and oxygen atoms in total. The molecule has 22 heavy (non-hydrogen) atoms. The van der Waals surface area contributed by atoms with Gasteiger partial charge in [-0.2, -0.15) is 14.9 Å². The number of aromatic nitrogens is 3. The van der Waals surface area contributed by atoms with Gasteiger partial charge in [0, 0.05) is 16.5 Å². The lowest BCUT2D eigenvalue weighted by molar-refractivity contribution is 0.415. The van der Waals surface area contributed by atoms with E-state index in [0.717, 1.165) is 21.1 Å². The Hall–Kier alpha value is -1.90. The molecule has 6 heteroatoms. The average molecular weight is 329 g/mol. The minimum absolute atomic E-state index is 0.499. The number of rotatable bonds is 2. The van der Waals surface area contributed by atoms with Gasteiger partial charge in [-0.25, -0.2) is 4.98 Å². The van der Waals surface area contributed by atoms with Gasteiger partial charge in [0.15, 0.2) is 5.69 Å². The van der Waals surface area contributed by atoms with Gasteiger partial charge in [0.05, 0.1) is 0 Å². The van der Waals surface area contributed by atoms with Gasteiger partial charge in [0.1, 0.15) is 16.8 Å². The summed E-state index contributed by atoms with van der Waals surface area (Å²) in [7, 11) is 0. The normalized spacial score (nSPS) is 15.0. The largest absolute Gasteiger partial charge is 0.216 e. The van der Waals surface area contributed by atoms with Crippen molar-refractivity contribution in [3.05, 3.63) is 39.5 Å². The van der Waals surface area contributed by atoms with Crippen LogP contribution in [0.5, 0.6) is 0 Å². The lowest BCUT2D eigenvalue weighted by Crippen LogP contribution is -2.08. The first-order valence-electron chi connectivity index (χ1n) is 7.23. The van der Waals surface area contributed by atoms with E-state index in [-0.39, 0.29) is 0 Å². The number of hydrogen-bond donors (Lipinski definition) is 0. The molecule has 1 aromatic carbocycles. The first-order chi connectivity index (χ1) is 10.7. The third kappa shape index (κ3) is 2.03. The van der Waals surface area contributed by atoms with Crippen molar-refractivity contribution in [3.63, 3.8) is 0 Å². The van der Waals surface area contributed by atoms with Crippen LogP contribution in [-0.4, -0.2) is 14.6 Å². The third-order valence-corrected chi connectivity index (χ3v) is 5.71. The predicted molar refractivity (Wildman–Crippen MR) is 87.4 cm³/mol. The highest BCUT2D eigenvalue weighted by molar-refractivity contribution is 7.16. The molecule has 1 aliphatic rings. The molecule has 1 fully saturated rings. The van der Waals surface area contributed by atoms with Crippen LogP contribution < -0.4 is 0 Å². The SMILES string of the molecule is Cc1cc(-c2nc3sc(C4CCC4)nn3c2C#N)ccc1Cl. The van der Waals surface area contributed by atoms with Crippen LogP contribution in [0.2, 0.25) is 5.02 Å². The van der Waals surface area contributed by atoms with Crippen molar-refractivity contribution in [3.8, 4) is 17.3 Å². The summed E-state index contributed by atoms with van der Waals surface area (Å²) in [4.78, 5) is 5.43. The van der Waals surface area contributed by atoms with Gasteiger partial charge in [0.2, 0.25) is 4.96 Å². The molecule has 0 aliphatic heterocycles. The second-order valence-electron chi connectivity index (χ2n) is 5.65. The number of nitriles is 1. The van der Waals surface area contributed by atoms with E-state index >= 15 is 0 Å². The second kappa shape index (κ2) is 5.08. The van der Waals surface area contributed by atoms with Crippen molar-refractivity contribution in [1.29, 1.82) is 5.26 Å². The molecule has 1 aliphatic carbocycles. The Morgan fingerprint density at radius 2 is 2.23 bits per heavy atom. The molecule has 2 aromatic heterocycles. The molecule has 0 saturated heterocycles. The number of fused-ring (bicyclic) bond motifs is 1. The van der Waals surface area contributed by atoms with Crippen LogP contribution in [0.25, 0.3) is 16.2 Å². The van der Waals surface area contributed by atoms with Gasteiger partial charge in [-0.05, 0) is 37.5 Å². The highest BCUT2D eigenvalue weighted by Crippen LogP contribution is 2.39. The van der Waals surface area contributed by atoms with Crippen LogP contribution in [0.1, 0.15) is 41.4 Å². The van der Waals surface area contributed by atoms with Crippen molar-refractivity contribution < 1.29 is 0 Å². The van der Waals surface area contributed by atoms with Crippen LogP contribution in [0.3, 0.4) is 0 Å². The second-order valence-corrected chi connectivity index (χ2v) is 7.04. The van der Waals surface area contributed by atoms with Crippen molar-refractivity contribution in [2.45, 2.75) is 32.1 Å². The van der Waals surface area contributed by atoms with E-state index in [0.29, 0.717) is 22.3 Å². The lowest BCUT2D eigenvalue weighted by Gasteiger charge is -2.21. The van der Waals surface area contributed by atoms with Crippen LogP contribution in [0.4, 0.5) is 0 Å². The van der Waals surface area contributed by atoms with Gasteiger partial charge in [-0.3, -0.25) is 0 Å². The molecular weight excluding hydrogens is 316 g/mol. The van der Waals surface area contributed by atoms with Crippen LogP contribution in [-0.2, 0) is 0 Å². The molecule has 3 aromatic rings. The molecule has 0 atom stereocenters. The Balaban J connectivity index is 1.85. The minimum atomic E-state index is 0.499. The van der Waals surface area contributed by atoms with Crippen LogP contribution in [0, 0.1) is 18.3 Å². The minimum Gasteiger partial charge on any atom is -0.216 e. The van der Waals surface area contributed by atoms with Gasteiger partial charge in [-0.1, -0.05) is 35.4 Å². The number of nitrogens with zero attached hydrogens (tertiary/aromatic N) is 4. The van der Waals surface area contributed by atoms with E-state index in [2.05, 4.69) is 16.2 Å². The molecule has 110 valence electrons. The standard InChI is InChI=1S/C16H13ClN4S/c1-9-7-11(5-6-12(9)17)14-13(8-18)21-16(19-14)22-15(20-21)10-3-2-4-10/h5-7,10H,2-4H2,1H3. The fraction of sp³-hybridized carbons (Fsp3) is 0.312. The van der Waals surface area contributed by atoms with Crippen molar-refractivity contribution in [2.24, 2.45) is 0 Å². The molecule has 0 spiro atoms. The van der Waals surface area contributed by atoms with E-state index in [9.17, 15) is 5.26 Å².